The molecule has 0 N–H and O–H groups in total. The molecule has 0 aliphatic carbocycles. The van der Waals surface area contributed by atoms with Gasteiger partial charge in [0.25, 0.3) is 5.56 Å². The molecule has 28 heavy (non-hydrogen) atoms. The van der Waals surface area contributed by atoms with Crippen molar-refractivity contribution >= 4 is 5.69 Å². The molecule has 3 aromatic rings. The van der Waals surface area contributed by atoms with Crippen molar-refractivity contribution in [3.63, 3.8) is 0 Å². The van der Waals surface area contributed by atoms with Crippen LogP contribution in [0.4, 0.5) is 5.69 Å². The molecule has 0 saturated carbocycles. The van der Waals surface area contributed by atoms with Crippen molar-refractivity contribution in [3.8, 4) is 11.4 Å². The summed E-state index contributed by atoms with van der Waals surface area (Å²) in [6, 6.07) is 20.4. The van der Waals surface area contributed by atoms with Crippen LogP contribution in [0.2, 0.25) is 0 Å². The Morgan fingerprint density at radius 3 is 2.21 bits per heavy atom. The molecule has 0 amide bonds. The van der Waals surface area contributed by atoms with Crippen molar-refractivity contribution in [2.24, 2.45) is 0 Å². The second kappa shape index (κ2) is 8.42. The van der Waals surface area contributed by atoms with Crippen LogP contribution in [0.3, 0.4) is 0 Å². The van der Waals surface area contributed by atoms with Crippen molar-refractivity contribution < 1.29 is 0 Å². The zero-order valence-corrected chi connectivity index (χ0v) is 16.5. The highest BCUT2D eigenvalue weighted by Crippen LogP contribution is 2.23. The molecule has 4 heteroatoms. The molecule has 2 heterocycles. The van der Waals surface area contributed by atoms with Crippen molar-refractivity contribution in [2.45, 2.75) is 39.2 Å². The fraction of sp³-hybridized carbons (Fsp3) is 0.333. The summed E-state index contributed by atoms with van der Waals surface area (Å²) < 4.78 is 1.87. The maximum Gasteiger partial charge on any atom is 0.277 e. The topological polar surface area (TPSA) is 38.1 Å². The van der Waals surface area contributed by atoms with Crippen LogP contribution in [0.5, 0.6) is 0 Å². The first-order valence-corrected chi connectivity index (χ1v) is 10.2. The van der Waals surface area contributed by atoms with Gasteiger partial charge in [0.15, 0.2) is 0 Å². The zero-order valence-electron chi connectivity index (χ0n) is 16.5. The van der Waals surface area contributed by atoms with E-state index < -0.39 is 0 Å². The number of piperidine rings is 1. The summed E-state index contributed by atoms with van der Waals surface area (Å²) >= 11 is 0. The SMILES string of the molecule is Cc1nc(-c2ccccc2)n(CCc2ccccc2)c(=O)c1N1CCCCC1. The van der Waals surface area contributed by atoms with Gasteiger partial charge in [-0.1, -0.05) is 60.7 Å². The van der Waals surface area contributed by atoms with Gasteiger partial charge in [0.1, 0.15) is 11.5 Å². The van der Waals surface area contributed by atoms with E-state index in [1.54, 1.807) is 0 Å². The van der Waals surface area contributed by atoms with Crippen molar-refractivity contribution in [2.75, 3.05) is 18.0 Å². The Bertz CT molecular complexity index is 974. The lowest BCUT2D eigenvalue weighted by Gasteiger charge is -2.30. The Hall–Kier alpha value is -2.88. The quantitative estimate of drug-likeness (QED) is 0.663. The molecule has 0 spiro atoms. The van der Waals surface area contributed by atoms with Gasteiger partial charge in [-0.05, 0) is 38.2 Å². The second-order valence-corrected chi connectivity index (χ2v) is 7.48. The third-order valence-corrected chi connectivity index (χ3v) is 5.49. The van der Waals surface area contributed by atoms with E-state index in [9.17, 15) is 4.79 Å². The predicted octanol–water partition coefficient (Wildman–Crippen LogP) is 4.45. The van der Waals surface area contributed by atoms with E-state index in [0.717, 1.165) is 55.1 Å². The second-order valence-electron chi connectivity index (χ2n) is 7.48. The Morgan fingerprint density at radius 1 is 0.893 bits per heavy atom. The normalized spacial score (nSPS) is 14.2. The number of hydrogen-bond acceptors (Lipinski definition) is 3. The average molecular weight is 374 g/mol. The number of nitrogens with zero attached hydrogens (tertiary/aromatic N) is 3. The number of aromatic nitrogens is 2. The lowest BCUT2D eigenvalue weighted by molar-refractivity contribution is 0.568. The smallest absolute Gasteiger partial charge is 0.277 e. The Morgan fingerprint density at radius 2 is 1.54 bits per heavy atom. The summed E-state index contributed by atoms with van der Waals surface area (Å²) in [5.41, 5.74) is 3.92. The number of rotatable bonds is 5. The fourth-order valence-corrected chi connectivity index (χ4v) is 4.03. The number of benzene rings is 2. The molecule has 1 fully saturated rings. The molecule has 1 aromatic heterocycles. The number of hydrogen-bond donors (Lipinski definition) is 0. The molecular weight excluding hydrogens is 346 g/mol. The highest BCUT2D eigenvalue weighted by Gasteiger charge is 2.21. The van der Waals surface area contributed by atoms with E-state index in [0.29, 0.717) is 6.54 Å². The number of anilines is 1. The molecule has 0 unspecified atom stereocenters. The molecule has 1 aliphatic rings. The molecule has 0 radical (unpaired) electrons. The lowest BCUT2D eigenvalue weighted by Crippen LogP contribution is -2.38. The van der Waals surface area contributed by atoms with Gasteiger partial charge in [0.2, 0.25) is 0 Å². The minimum Gasteiger partial charge on any atom is -0.366 e. The van der Waals surface area contributed by atoms with Gasteiger partial charge in [0, 0.05) is 25.2 Å². The Kier molecular flexibility index (Phi) is 5.56. The minimum absolute atomic E-state index is 0.0872. The summed E-state index contributed by atoms with van der Waals surface area (Å²) in [5, 5.41) is 0. The van der Waals surface area contributed by atoms with Crippen LogP contribution in [0.25, 0.3) is 11.4 Å². The first kappa shape index (κ1) is 18.5. The van der Waals surface area contributed by atoms with Crippen LogP contribution < -0.4 is 10.5 Å². The van der Waals surface area contributed by atoms with E-state index in [4.69, 9.17) is 4.98 Å². The first-order chi connectivity index (χ1) is 13.7. The van der Waals surface area contributed by atoms with E-state index in [2.05, 4.69) is 17.0 Å². The minimum atomic E-state index is 0.0872. The lowest BCUT2D eigenvalue weighted by atomic mass is 10.1. The summed E-state index contributed by atoms with van der Waals surface area (Å²) in [5.74, 6) is 0.764. The molecule has 2 aromatic carbocycles. The van der Waals surface area contributed by atoms with Gasteiger partial charge in [-0.3, -0.25) is 9.36 Å². The number of aryl methyl sites for hydroxylation is 2. The van der Waals surface area contributed by atoms with Gasteiger partial charge in [-0.2, -0.15) is 0 Å². The van der Waals surface area contributed by atoms with Gasteiger partial charge in [-0.25, -0.2) is 4.98 Å². The fourth-order valence-electron chi connectivity index (χ4n) is 4.03. The molecule has 1 aliphatic heterocycles. The summed E-state index contributed by atoms with van der Waals surface area (Å²) in [4.78, 5) is 20.7. The molecule has 1 saturated heterocycles. The third-order valence-electron chi connectivity index (χ3n) is 5.49. The molecule has 4 nitrogen and oxygen atoms in total. The highest BCUT2D eigenvalue weighted by molar-refractivity contribution is 5.59. The Labute approximate surface area is 166 Å². The van der Waals surface area contributed by atoms with Crippen LogP contribution in [0.1, 0.15) is 30.5 Å². The molecule has 0 atom stereocenters. The van der Waals surface area contributed by atoms with Crippen molar-refractivity contribution in [1.82, 2.24) is 9.55 Å². The van der Waals surface area contributed by atoms with Crippen LogP contribution >= 0.6 is 0 Å². The summed E-state index contributed by atoms with van der Waals surface area (Å²) in [7, 11) is 0. The van der Waals surface area contributed by atoms with Gasteiger partial charge < -0.3 is 4.90 Å². The van der Waals surface area contributed by atoms with Gasteiger partial charge in [-0.15, -0.1) is 0 Å². The maximum atomic E-state index is 13.6. The van der Waals surface area contributed by atoms with Gasteiger partial charge >= 0.3 is 0 Å². The van der Waals surface area contributed by atoms with E-state index >= 15 is 0 Å². The van der Waals surface area contributed by atoms with E-state index in [-0.39, 0.29) is 5.56 Å². The standard InChI is InChI=1S/C24H27N3O/c1-19-22(26-16-9-4-10-17-26)24(28)27(18-15-20-11-5-2-6-12-20)23(25-19)21-13-7-3-8-14-21/h2-3,5-8,11-14H,4,9-10,15-18H2,1H3. The third kappa shape index (κ3) is 3.86. The predicted molar refractivity (Wildman–Crippen MR) is 115 cm³/mol. The van der Waals surface area contributed by atoms with Gasteiger partial charge in [0.05, 0.1) is 5.69 Å². The first-order valence-electron chi connectivity index (χ1n) is 10.2. The largest absolute Gasteiger partial charge is 0.366 e. The van der Waals surface area contributed by atoms with E-state index in [1.165, 1.54) is 12.0 Å². The van der Waals surface area contributed by atoms with E-state index in [1.807, 2.05) is 60.0 Å². The molecular formula is C24H27N3O. The van der Waals surface area contributed by atoms with Crippen LogP contribution in [0.15, 0.2) is 65.5 Å². The monoisotopic (exact) mass is 373 g/mol. The highest BCUT2D eigenvalue weighted by atomic mass is 16.1. The van der Waals surface area contributed by atoms with Crippen LogP contribution in [0, 0.1) is 6.92 Å². The molecule has 4 rings (SSSR count). The average Bonchev–Trinajstić information content (AvgIpc) is 2.75. The summed E-state index contributed by atoms with van der Waals surface area (Å²) in [6.07, 6.45) is 4.34. The van der Waals surface area contributed by atoms with Crippen LogP contribution in [-0.4, -0.2) is 22.6 Å². The zero-order chi connectivity index (χ0) is 19.3. The van der Waals surface area contributed by atoms with Crippen LogP contribution in [-0.2, 0) is 13.0 Å². The molecule has 0 bridgehead atoms. The van der Waals surface area contributed by atoms with Crippen molar-refractivity contribution in [1.29, 1.82) is 0 Å². The van der Waals surface area contributed by atoms with Crippen molar-refractivity contribution in [3.05, 3.63) is 82.3 Å². The molecule has 144 valence electrons. The maximum absolute atomic E-state index is 13.6. The summed E-state index contributed by atoms with van der Waals surface area (Å²) in [6.45, 7) is 4.49. The Balaban J connectivity index is 1.78.